The maximum absolute atomic E-state index is 11.3. The molecule has 0 atom stereocenters. The maximum atomic E-state index is 11.3. The Balaban J connectivity index is 3.50. The highest BCUT2D eigenvalue weighted by Crippen LogP contribution is 2.05. The lowest BCUT2D eigenvalue weighted by atomic mass is 10.1. The van der Waals surface area contributed by atoms with Crippen LogP contribution in [0.4, 0.5) is 0 Å². The number of rotatable bonds is 13. The summed E-state index contributed by atoms with van der Waals surface area (Å²) < 4.78 is 9.95. The number of esters is 2. The van der Waals surface area contributed by atoms with E-state index in [4.69, 9.17) is 9.47 Å². The minimum absolute atomic E-state index is 0.407. The van der Waals surface area contributed by atoms with Crippen LogP contribution in [0, 0.1) is 0 Å². The van der Waals surface area contributed by atoms with Crippen molar-refractivity contribution in [3.8, 4) is 0 Å². The minimum atomic E-state index is -0.484. The predicted octanol–water partition coefficient (Wildman–Crippen LogP) is 4.18. The quantitative estimate of drug-likeness (QED) is 0.291. The Hall–Kier alpha value is -1.32. The Morgan fingerprint density at radius 1 is 0.667 bits per heavy atom. The van der Waals surface area contributed by atoms with Gasteiger partial charge in [0.15, 0.2) is 0 Å². The van der Waals surface area contributed by atoms with E-state index in [1.165, 1.54) is 25.7 Å². The number of hydrogen-bond donors (Lipinski definition) is 0. The molecule has 0 amide bonds. The predicted molar refractivity (Wildman–Crippen MR) is 84.0 cm³/mol. The largest absolute Gasteiger partial charge is 0.463 e. The fraction of sp³-hybridized carbons (Fsp3) is 0.765. The molecule has 0 spiro atoms. The molecule has 0 aromatic heterocycles. The average Bonchev–Trinajstić information content (AvgIpc) is 2.48. The summed E-state index contributed by atoms with van der Waals surface area (Å²) in [6, 6.07) is 0. The van der Waals surface area contributed by atoms with Gasteiger partial charge < -0.3 is 9.47 Å². The van der Waals surface area contributed by atoms with Crippen molar-refractivity contribution in [2.45, 2.75) is 71.6 Å². The van der Waals surface area contributed by atoms with Crippen molar-refractivity contribution in [3.05, 3.63) is 12.2 Å². The summed E-state index contributed by atoms with van der Waals surface area (Å²) in [5.74, 6) is -0.961. The molecule has 0 radical (unpaired) electrons. The summed E-state index contributed by atoms with van der Waals surface area (Å²) in [5, 5.41) is 0. The second-order valence-electron chi connectivity index (χ2n) is 5.14. The second-order valence-corrected chi connectivity index (χ2v) is 5.14. The first-order valence-corrected chi connectivity index (χ1v) is 8.22. The Bertz CT molecular complexity index is 297. The molecule has 0 aromatic rings. The first-order chi connectivity index (χ1) is 10.2. The number of hydrogen-bond acceptors (Lipinski definition) is 4. The average molecular weight is 298 g/mol. The molecule has 0 aliphatic rings. The summed E-state index contributed by atoms with van der Waals surface area (Å²) in [6.45, 7) is 5.09. The molecule has 0 saturated carbocycles. The van der Waals surface area contributed by atoms with E-state index >= 15 is 0 Å². The number of carbonyl (C=O) groups excluding carboxylic acids is 2. The fourth-order valence-electron chi connectivity index (χ4n) is 1.81. The molecule has 0 aromatic carbocycles. The molecular formula is C17H30O4. The van der Waals surface area contributed by atoms with Gasteiger partial charge in [0.2, 0.25) is 0 Å². The Morgan fingerprint density at radius 3 is 1.57 bits per heavy atom. The van der Waals surface area contributed by atoms with Gasteiger partial charge >= 0.3 is 11.9 Å². The normalized spacial score (nSPS) is 10.8. The lowest BCUT2D eigenvalue weighted by Crippen LogP contribution is -2.06. The van der Waals surface area contributed by atoms with E-state index < -0.39 is 11.9 Å². The van der Waals surface area contributed by atoms with Crippen molar-refractivity contribution in [2.24, 2.45) is 0 Å². The summed E-state index contributed by atoms with van der Waals surface area (Å²) >= 11 is 0. The molecule has 0 unspecified atom stereocenters. The summed E-state index contributed by atoms with van der Waals surface area (Å²) in [4.78, 5) is 22.6. The molecule has 0 rings (SSSR count). The van der Waals surface area contributed by atoms with Gasteiger partial charge in [0.25, 0.3) is 0 Å². The van der Waals surface area contributed by atoms with Crippen molar-refractivity contribution in [2.75, 3.05) is 13.2 Å². The Kier molecular flexibility index (Phi) is 14.1. The first kappa shape index (κ1) is 19.7. The zero-order valence-electron chi connectivity index (χ0n) is 13.6. The van der Waals surface area contributed by atoms with Crippen LogP contribution in [0.5, 0.6) is 0 Å². The zero-order valence-corrected chi connectivity index (χ0v) is 13.6. The van der Waals surface area contributed by atoms with Gasteiger partial charge in [-0.15, -0.1) is 0 Å². The summed E-state index contributed by atoms with van der Waals surface area (Å²) in [6.07, 6.45) is 12.1. The van der Waals surface area contributed by atoms with E-state index in [9.17, 15) is 9.59 Å². The number of unbranched alkanes of at least 4 members (excludes halogenated alkanes) is 7. The topological polar surface area (TPSA) is 52.6 Å². The SMILES string of the molecule is CCCCCCCCOC(=O)C=CC(=O)OCCCCC. The third kappa shape index (κ3) is 14.9. The second kappa shape index (κ2) is 15.1. The smallest absolute Gasteiger partial charge is 0.331 e. The highest BCUT2D eigenvalue weighted by Gasteiger charge is 2.01. The van der Waals surface area contributed by atoms with Gasteiger partial charge in [0, 0.05) is 12.2 Å². The van der Waals surface area contributed by atoms with Crippen molar-refractivity contribution < 1.29 is 19.1 Å². The molecule has 4 nitrogen and oxygen atoms in total. The third-order valence-electron chi connectivity index (χ3n) is 3.09. The Morgan fingerprint density at radius 2 is 1.05 bits per heavy atom. The third-order valence-corrected chi connectivity index (χ3v) is 3.09. The lowest BCUT2D eigenvalue weighted by molar-refractivity contribution is -0.140. The number of ether oxygens (including phenoxy) is 2. The monoisotopic (exact) mass is 298 g/mol. The zero-order chi connectivity index (χ0) is 15.8. The Labute approximate surface area is 128 Å². The molecule has 0 aliphatic heterocycles. The van der Waals surface area contributed by atoms with Gasteiger partial charge in [-0.25, -0.2) is 9.59 Å². The maximum Gasteiger partial charge on any atom is 0.331 e. The van der Waals surface area contributed by atoms with Gasteiger partial charge in [0.1, 0.15) is 0 Å². The van der Waals surface area contributed by atoms with E-state index in [1.54, 1.807) is 0 Å². The van der Waals surface area contributed by atoms with Crippen molar-refractivity contribution in [1.82, 2.24) is 0 Å². The molecule has 0 aliphatic carbocycles. The standard InChI is InChI=1S/C17H30O4/c1-3-5-7-8-9-11-15-21-17(19)13-12-16(18)20-14-10-6-4-2/h12-13H,3-11,14-15H2,1-2H3. The molecule has 122 valence electrons. The van der Waals surface area contributed by atoms with Crippen LogP contribution in [-0.4, -0.2) is 25.2 Å². The van der Waals surface area contributed by atoms with Crippen molar-refractivity contribution >= 4 is 11.9 Å². The molecular weight excluding hydrogens is 268 g/mol. The lowest BCUT2D eigenvalue weighted by Gasteiger charge is -2.02. The molecule has 0 N–H and O–H groups in total. The van der Waals surface area contributed by atoms with E-state index in [0.29, 0.717) is 13.2 Å². The van der Waals surface area contributed by atoms with Crippen molar-refractivity contribution in [3.63, 3.8) is 0 Å². The highest BCUT2D eigenvalue weighted by molar-refractivity contribution is 5.91. The molecule has 0 saturated heterocycles. The van der Waals surface area contributed by atoms with Crippen LogP contribution in [0.2, 0.25) is 0 Å². The summed E-state index contributed by atoms with van der Waals surface area (Å²) in [5.41, 5.74) is 0. The fourth-order valence-corrected chi connectivity index (χ4v) is 1.81. The van der Waals surface area contributed by atoms with Crippen LogP contribution in [0.25, 0.3) is 0 Å². The molecule has 4 heteroatoms. The first-order valence-electron chi connectivity index (χ1n) is 8.22. The van der Waals surface area contributed by atoms with Crippen LogP contribution in [0.3, 0.4) is 0 Å². The van der Waals surface area contributed by atoms with Crippen LogP contribution in [-0.2, 0) is 19.1 Å². The molecule has 21 heavy (non-hydrogen) atoms. The van der Waals surface area contributed by atoms with Gasteiger partial charge in [-0.3, -0.25) is 0 Å². The number of carbonyl (C=O) groups is 2. The van der Waals surface area contributed by atoms with Gasteiger partial charge in [-0.1, -0.05) is 58.8 Å². The van der Waals surface area contributed by atoms with Crippen molar-refractivity contribution in [1.29, 1.82) is 0 Å². The van der Waals surface area contributed by atoms with Crippen LogP contribution in [0.1, 0.15) is 71.6 Å². The van der Waals surface area contributed by atoms with Gasteiger partial charge in [-0.2, -0.15) is 0 Å². The highest BCUT2D eigenvalue weighted by atomic mass is 16.5. The van der Waals surface area contributed by atoms with E-state index in [2.05, 4.69) is 13.8 Å². The van der Waals surface area contributed by atoms with Gasteiger partial charge in [0.05, 0.1) is 13.2 Å². The van der Waals surface area contributed by atoms with E-state index in [1.807, 2.05) is 0 Å². The van der Waals surface area contributed by atoms with E-state index in [0.717, 1.165) is 44.3 Å². The molecule has 0 heterocycles. The van der Waals surface area contributed by atoms with Gasteiger partial charge in [-0.05, 0) is 12.8 Å². The minimum Gasteiger partial charge on any atom is -0.463 e. The van der Waals surface area contributed by atoms with Crippen LogP contribution >= 0.6 is 0 Å². The van der Waals surface area contributed by atoms with Crippen LogP contribution < -0.4 is 0 Å². The summed E-state index contributed by atoms with van der Waals surface area (Å²) in [7, 11) is 0. The van der Waals surface area contributed by atoms with Crippen LogP contribution in [0.15, 0.2) is 12.2 Å². The molecule has 0 bridgehead atoms. The van der Waals surface area contributed by atoms with E-state index in [-0.39, 0.29) is 0 Å². The molecule has 0 fully saturated rings.